The minimum atomic E-state index is -0.0585. The number of rotatable bonds is 8. The normalized spacial score (nSPS) is 15.7. The molecule has 0 heterocycles. The van der Waals surface area contributed by atoms with Crippen LogP contribution >= 0.6 is 11.8 Å². The van der Waals surface area contributed by atoms with Crippen molar-refractivity contribution in [1.82, 2.24) is 0 Å². The molecule has 0 amide bonds. The standard InChI is InChI=1S/C9H21NO2S/c1-3-4-5-13-9(6-11)8(10)7-12-2/h8-9,11H,3-7,10H2,1-2H3. The molecule has 13 heavy (non-hydrogen) atoms. The first kappa shape index (κ1) is 13.2. The Bertz CT molecular complexity index is 114. The molecule has 0 aromatic rings. The summed E-state index contributed by atoms with van der Waals surface area (Å²) in [7, 11) is 1.63. The van der Waals surface area contributed by atoms with Crippen LogP contribution in [0.1, 0.15) is 19.8 Å². The number of nitrogens with two attached hydrogens (primary N) is 1. The molecule has 3 N–H and O–H groups in total. The summed E-state index contributed by atoms with van der Waals surface area (Å²) < 4.78 is 4.94. The predicted molar refractivity (Wildman–Crippen MR) is 58.1 cm³/mol. The summed E-state index contributed by atoms with van der Waals surface area (Å²) in [4.78, 5) is 0. The van der Waals surface area contributed by atoms with Gasteiger partial charge in [0.05, 0.1) is 13.2 Å². The van der Waals surface area contributed by atoms with Gasteiger partial charge in [-0.25, -0.2) is 0 Å². The van der Waals surface area contributed by atoms with E-state index in [1.54, 1.807) is 18.9 Å². The zero-order valence-corrected chi connectivity index (χ0v) is 9.35. The average Bonchev–Trinajstić information content (AvgIpc) is 2.13. The third kappa shape index (κ3) is 6.32. The molecule has 0 saturated carbocycles. The molecule has 2 atom stereocenters. The van der Waals surface area contributed by atoms with Crippen LogP contribution in [0.4, 0.5) is 0 Å². The Labute approximate surface area is 85.0 Å². The Kier molecular flexibility index (Phi) is 8.97. The molecule has 4 heteroatoms. The number of ether oxygens (including phenoxy) is 1. The van der Waals surface area contributed by atoms with E-state index in [-0.39, 0.29) is 17.9 Å². The van der Waals surface area contributed by atoms with E-state index in [0.29, 0.717) is 6.61 Å². The van der Waals surface area contributed by atoms with Crippen molar-refractivity contribution in [3.8, 4) is 0 Å². The fraction of sp³-hybridized carbons (Fsp3) is 1.00. The summed E-state index contributed by atoms with van der Waals surface area (Å²) in [6, 6.07) is -0.0585. The smallest absolute Gasteiger partial charge is 0.0625 e. The number of methoxy groups -OCH3 is 1. The molecule has 3 nitrogen and oxygen atoms in total. The van der Waals surface area contributed by atoms with E-state index in [4.69, 9.17) is 15.6 Å². The fourth-order valence-corrected chi connectivity index (χ4v) is 2.18. The number of hydrogen-bond acceptors (Lipinski definition) is 4. The maximum atomic E-state index is 9.07. The lowest BCUT2D eigenvalue weighted by Crippen LogP contribution is -2.39. The van der Waals surface area contributed by atoms with Gasteiger partial charge >= 0.3 is 0 Å². The highest BCUT2D eigenvalue weighted by Crippen LogP contribution is 2.15. The first-order chi connectivity index (χ1) is 6.26. The van der Waals surface area contributed by atoms with Crippen LogP contribution < -0.4 is 5.73 Å². The molecule has 0 radical (unpaired) electrons. The van der Waals surface area contributed by atoms with Crippen LogP contribution in [0.15, 0.2) is 0 Å². The largest absolute Gasteiger partial charge is 0.395 e. The zero-order valence-electron chi connectivity index (χ0n) is 8.53. The van der Waals surface area contributed by atoms with Gasteiger partial charge in [-0.05, 0) is 12.2 Å². The molecule has 0 aromatic heterocycles. The lowest BCUT2D eigenvalue weighted by Gasteiger charge is -2.20. The molecule has 0 aromatic carbocycles. The summed E-state index contributed by atoms with van der Waals surface area (Å²) in [6.07, 6.45) is 2.37. The highest BCUT2D eigenvalue weighted by Gasteiger charge is 2.16. The molecule has 80 valence electrons. The van der Waals surface area contributed by atoms with Gasteiger partial charge in [0.1, 0.15) is 0 Å². The first-order valence-electron chi connectivity index (χ1n) is 4.73. The number of unbranched alkanes of at least 4 members (excludes halogenated alkanes) is 1. The van der Waals surface area contributed by atoms with Gasteiger partial charge in [-0.2, -0.15) is 11.8 Å². The highest BCUT2D eigenvalue weighted by atomic mass is 32.2. The average molecular weight is 207 g/mol. The van der Waals surface area contributed by atoms with Crippen LogP contribution in [0.5, 0.6) is 0 Å². The molecule has 2 unspecified atom stereocenters. The van der Waals surface area contributed by atoms with Crippen molar-refractivity contribution in [1.29, 1.82) is 0 Å². The maximum absolute atomic E-state index is 9.07. The minimum Gasteiger partial charge on any atom is -0.395 e. The second-order valence-electron chi connectivity index (χ2n) is 3.06. The number of aliphatic hydroxyl groups is 1. The van der Waals surface area contributed by atoms with Crippen LogP contribution in [0.3, 0.4) is 0 Å². The molecular formula is C9H21NO2S. The Hall–Kier alpha value is 0.230. The van der Waals surface area contributed by atoms with Gasteiger partial charge in [-0.15, -0.1) is 0 Å². The van der Waals surface area contributed by atoms with Gasteiger partial charge in [0.15, 0.2) is 0 Å². The summed E-state index contributed by atoms with van der Waals surface area (Å²) in [5.74, 6) is 1.07. The third-order valence-corrected chi connectivity index (χ3v) is 3.30. The fourth-order valence-electron chi connectivity index (χ4n) is 0.991. The second-order valence-corrected chi connectivity index (χ2v) is 4.41. The van der Waals surface area contributed by atoms with Crippen molar-refractivity contribution in [2.45, 2.75) is 31.1 Å². The van der Waals surface area contributed by atoms with Gasteiger partial charge in [0.2, 0.25) is 0 Å². The van der Waals surface area contributed by atoms with Gasteiger partial charge in [0, 0.05) is 18.4 Å². The van der Waals surface area contributed by atoms with Crippen molar-refractivity contribution >= 4 is 11.8 Å². The molecule has 0 aliphatic rings. The molecule has 0 spiro atoms. The lowest BCUT2D eigenvalue weighted by atomic mass is 10.2. The maximum Gasteiger partial charge on any atom is 0.0625 e. The van der Waals surface area contributed by atoms with E-state index < -0.39 is 0 Å². The van der Waals surface area contributed by atoms with Crippen LogP contribution in [-0.4, -0.2) is 42.5 Å². The van der Waals surface area contributed by atoms with Crippen LogP contribution in [0, 0.1) is 0 Å². The Morgan fingerprint density at radius 1 is 1.54 bits per heavy atom. The molecule has 0 bridgehead atoms. The van der Waals surface area contributed by atoms with Crippen LogP contribution in [0.25, 0.3) is 0 Å². The van der Waals surface area contributed by atoms with Crippen LogP contribution in [-0.2, 0) is 4.74 Å². The van der Waals surface area contributed by atoms with E-state index in [0.717, 1.165) is 5.75 Å². The number of thioether (sulfide) groups is 1. The van der Waals surface area contributed by atoms with Crippen molar-refractivity contribution in [3.63, 3.8) is 0 Å². The first-order valence-corrected chi connectivity index (χ1v) is 5.78. The molecule has 0 fully saturated rings. The molecule has 0 saturated heterocycles. The number of aliphatic hydroxyl groups excluding tert-OH is 1. The molecule has 0 aliphatic carbocycles. The lowest BCUT2D eigenvalue weighted by molar-refractivity contribution is 0.167. The van der Waals surface area contributed by atoms with Crippen molar-refractivity contribution in [2.24, 2.45) is 5.73 Å². The predicted octanol–water partition coefficient (Wildman–Crippen LogP) is 0.854. The Balaban J connectivity index is 3.60. The Morgan fingerprint density at radius 2 is 2.23 bits per heavy atom. The molecule has 0 rings (SSSR count). The summed E-state index contributed by atoms with van der Waals surface area (Å²) in [5, 5.41) is 9.18. The van der Waals surface area contributed by atoms with Gasteiger partial charge < -0.3 is 15.6 Å². The summed E-state index contributed by atoms with van der Waals surface area (Å²) in [5.41, 5.74) is 5.82. The van der Waals surface area contributed by atoms with Crippen molar-refractivity contribution in [3.05, 3.63) is 0 Å². The molecular weight excluding hydrogens is 186 g/mol. The van der Waals surface area contributed by atoms with E-state index in [1.165, 1.54) is 12.8 Å². The zero-order chi connectivity index (χ0) is 10.1. The molecule has 0 aliphatic heterocycles. The van der Waals surface area contributed by atoms with Crippen molar-refractivity contribution < 1.29 is 9.84 Å². The van der Waals surface area contributed by atoms with E-state index >= 15 is 0 Å². The second kappa shape index (κ2) is 8.81. The summed E-state index contributed by atoms with van der Waals surface area (Å²) >= 11 is 1.74. The van der Waals surface area contributed by atoms with Gasteiger partial charge in [-0.1, -0.05) is 13.3 Å². The number of hydrogen-bond donors (Lipinski definition) is 2. The quantitative estimate of drug-likeness (QED) is 0.580. The van der Waals surface area contributed by atoms with Gasteiger partial charge in [0.25, 0.3) is 0 Å². The van der Waals surface area contributed by atoms with E-state index in [2.05, 4.69) is 6.92 Å². The van der Waals surface area contributed by atoms with Crippen LogP contribution in [0.2, 0.25) is 0 Å². The minimum absolute atomic E-state index is 0.0585. The SMILES string of the molecule is CCCCSC(CO)C(N)COC. The van der Waals surface area contributed by atoms with E-state index in [9.17, 15) is 0 Å². The topological polar surface area (TPSA) is 55.5 Å². The van der Waals surface area contributed by atoms with E-state index in [1.807, 2.05) is 0 Å². The summed E-state index contributed by atoms with van der Waals surface area (Å²) in [6.45, 7) is 2.81. The third-order valence-electron chi connectivity index (χ3n) is 1.85. The van der Waals surface area contributed by atoms with Crippen molar-refractivity contribution in [2.75, 3.05) is 26.1 Å². The monoisotopic (exact) mass is 207 g/mol. The highest BCUT2D eigenvalue weighted by molar-refractivity contribution is 7.99. The Morgan fingerprint density at radius 3 is 2.69 bits per heavy atom. The van der Waals surface area contributed by atoms with Gasteiger partial charge in [-0.3, -0.25) is 0 Å².